The molecule has 2 atom stereocenters. The first-order valence-electron chi connectivity index (χ1n) is 8.29. The van der Waals surface area contributed by atoms with E-state index in [-0.39, 0.29) is 17.9 Å². The van der Waals surface area contributed by atoms with Gasteiger partial charge in [0.05, 0.1) is 11.5 Å². The van der Waals surface area contributed by atoms with Gasteiger partial charge in [0.1, 0.15) is 16.7 Å². The minimum Gasteiger partial charge on any atom is -0.457 e. The van der Waals surface area contributed by atoms with Crippen LogP contribution in [0, 0.1) is 0 Å². The molecule has 3 N–H and O–H groups in total. The number of benzene rings is 2. The van der Waals surface area contributed by atoms with E-state index in [1.807, 2.05) is 0 Å². The summed E-state index contributed by atoms with van der Waals surface area (Å²) in [6.45, 7) is -0.482. The lowest BCUT2D eigenvalue weighted by Crippen LogP contribution is -2.62. The summed E-state index contributed by atoms with van der Waals surface area (Å²) in [5.74, 6) is -0.307. The molecule has 10 heteroatoms. The van der Waals surface area contributed by atoms with Crippen molar-refractivity contribution in [3.8, 4) is 11.5 Å². The van der Waals surface area contributed by atoms with Gasteiger partial charge in [-0.1, -0.05) is 11.6 Å². The van der Waals surface area contributed by atoms with E-state index in [0.717, 1.165) is 0 Å². The second-order valence-electron chi connectivity index (χ2n) is 6.27. The number of hydroxylamine groups is 1. The van der Waals surface area contributed by atoms with Crippen molar-refractivity contribution in [3.63, 3.8) is 0 Å². The zero-order valence-corrected chi connectivity index (χ0v) is 16.1. The van der Waals surface area contributed by atoms with Crippen LogP contribution in [-0.4, -0.2) is 48.7 Å². The number of carbonyl (C=O) groups is 1. The van der Waals surface area contributed by atoms with E-state index in [1.54, 1.807) is 24.3 Å². The lowest BCUT2D eigenvalue weighted by Gasteiger charge is -2.36. The number of hydrogen-bond acceptors (Lipinski definition) is 7. The quantitative estimate of drug-likeness (QED) is 0.492. The Morgan fingerprint density at radius 3 is 2.29 bits per heavy atom. The number of ether oxygens (including phenoxy) is 2. The van der Waals surface area contributed by atoms with Crippen LogP contribution in [0.5, 0.6) is 11.5 Å². The molecule has 0 aliphatic carbocycles. The highest BCUT2D eigenvalue weighted by atomic mass is 35.5. The molecule has 1 fully saturated rings. The molecule has 0 aromatic heterocycles. The zero-order valence-electron chi connectivity index (χ0n) is 14.5. The SMILES string of the molecule is O=C(NO)C1(O)COCCC1S(=O)(=O)c1ccc(Oc2ccc(Cl)cc2)cc1. The van der Waals surface area contributed by atoms with Crippen molar-refractivity contribution < 1.29 is 33.0 Å². The summed E-state index contributed by atoms with van der Waals surface area (Å²) in [5.41, 5.74) is -1.09. The molecule has 150 valence electrons. The Bertz CT molecular complexity index is 947. The molecular formula is C18H18ClNO7S. The number of rotatable bonds is 5. The highest BCUT2D eigenvalue weighted by Crippen LogP contribution is 2.32. The molecule has 0 radical (unpaired) electrons. The molecule has 0 bridgehead atoms. The van der Waals surface area contributed by atoms with Crippen molar-refractivity contribution in [1.29, 1.82) is 0 Å². The highest BCUT2D eigenvalue weighted by molar-refractivity contribution is 7.92. The van der Waals surface area contributed by atoms with Crippen molar-refractivity contribution in [2.75, 3.05) is 13.2 Å². The lowest BCUT2D eigenvalue weighted by atomic mass is 9.95. The first-order chi connectivity index (χ1) is 13.3. The van der Waals surface area contributed by atoms with Gasteiger partial charge in [-0.25, -0.2) is 13.9 Å². The predicted octanol–water partition coefficient (Wildman–Crippen LogP) is 1.93. The van der Waals surface area contributed by atoms with Gasteiger partial charge in [-0.3, -0.25) is 10.0 Å². The average Bonchev–Trinajstić information content (AvgIpc) is 2.69. The molecule has 2 aromatic rings. The Balaban J connectivity index is 1.85. The predicted molar refractivity (Wildman–Crippen MR) is 99.3 cm³/mol. The standard InChI is InChI=1S/C18H18ClNO7S/c19-12-1-3-13(4-2-12)27-14-5-7-15(8-6-14)28(24,25)16-9-10-26-11-18(16,22)17(21)20-23/h1-8,16,22-23H,9-11H2,(H,20,21). The molecule has 1 aliphatic heterocycles. The maximum atomic E-state index is 13.0. The molecule has 1 amide bonds. The number of carbonyl (C=O) groups excluding carboxylic acids is 1. The third kappa shape index (κ3) is 3.98. The lowest BCUT2D eigenvalue weighted by molar-refractivity contribution is -0.161. The molecule has 2 aromatic carbocycles. The van der Waals surface area contributed by atoms with E-state index in [4.69, 9.17) is 26.3 Å². The van der Waals surface area contributed by atoms with Gasteiger partial charge in [-0.2, -0.15) is 0 Å². The molecule has 3 rings (SSSR count). The Labute approximate surface area is 166 Å². The van der Waals surface area contributed by atoms with Crippen molar-refractivity contribution in [1.82, 2.24) is 5.48 Å². The third-order valence-electron chi connectivity index (χ3n) is 4.45. The molecule has 28 heavy (non-hydrogen) atoms. The second kappa shape index (κ2) is 8.06. The fourth-order valence-corrected chi connectivity index (χ4v) is 5.04. The summed E-state index contributed by atoms with van der Waals surface area (Å²) >= 11 is 5.82. The molecule has 1 saturated heterocycles. The van der Waals surface area contributed by atoms with Crippen molar-refractivity contribution >= 4 is 27.3 Å². The van der Waals surface area contributed by atoms with E-state index in [9.17, 15) is 18.3 Å². The number of amides is 1. The first-order valence-corrected chi connectivity index (χ1v) is 10.2. The maximum Gasteiger partial charge on any atom is 0.279 e. The van der Waals surface area contributed by atoms with E-state index < -0.39 is 33.2 Å². The highest BCUT2D eigenvalue weighted by Gasteiger charge is 2.53. The Hall–Kier alpha value is -2.17. The van der Waals surface area contributed by atoms with Crippen LogP contribution in [0.2, 0.25) is 5.02 Å². The van der Waals surface area contributed by atoms with Crippen LogP contribution >= 0.6 is 11.6 Å². The molecule has 0 spiro atoms. The molecule has 1 aliphatic rings. The van der Waals surface area contributed by atoms with Gasteiger partial charge < -0.3 is 14.6 Å². The fraction of sp³-hybridized carbons (Fsp3) is 0.278. The summed E-state index contributed by atoms with van der Waals surface area (Å²) in [6, 6.07) is 12.2. The fourth-order valence-electron chi connectivity index (χ4n) is 2.97. The normalized spacial score (nSPS) is 22.5. The van der Waals surface area contributed by atoms with Gasteiger partial charge in [0.25, 0.3) is 5.91 Å². The van der Waals surface area contributed by atoms with Crippen molar-refractivity contribution in [2.45, 2.75) is 22.2 Å². The van der Waals surface area contributed by atoms with E-state index >= 15 is 0 Å². The van der Waals surface area contributed by atoms with Gasteiger partial charge in [0.2, 0.25) is 0 Å². The van der Waals surface area contributed by atoms with E-state index in [0.29, 0.717) is 16.5 Å². The number of aliphatic hydroxyl groups is 1. The first kappa shape index (κ1) is 20.6. The topological polar surface area (TPSA) is 122 Å². The molecule has 0 saturated carbocycles. The monoisotopic (exact) mass is 427 g/mol. The van der Waals surface area contributed by atoms with Crippen LogP contribution in [0.3, 0.4) is 0 Å². The largest absolute Gasteiger partial charge is 0.457 e. The van der Waals surface area contributed by atoms with E-state index in [1.165, 1.54) is 29.7 Å². The zero-order chi connectivity index (χ0) is 20.4. The molecule has 2 unspecified atom stereocenters. The van der Waals surface area contributed by atoms with E-state index in [2.05, 4.69) is 0 Å². The van der Waals surface area contributed by atoms with Crippen molar-refractivity contribution in [3.05, 3.63) is 53.6 Å². The number of sulfone groups is 1. The van der Waals surface area contributed by atoms with Crippen LogP contribution in [0.1, 0.15) is 6.42 Å². The average molecular weight is 428 g/mol. The van der Waals surface area contributed by atoms with Crippen LogP contribution in [0.25, 0.3) is 0 Å². The van der Waals surface area contributed by atoms with Crippen LogP contribution in [-0.2, 0) is 19.4 Å². The second-order valence-corrected chi connectivity index (χ2v) is 8.83. The van der Waals surface area contributed by atoms with Crippen molar-refractivity contribution in [2.24, 2.45) is 0 Å². The Morgan fingerprint density at radius 2 is 1.71 bits per heavy atom. The van der Waals surface area contributed by atoms with Gasteiger partial charge >= 0.3 is 0 Å². The molecular weight excluding hydrogens is 410 g/mol. The summed E-state index contributed by atoms with van der Waals surface area (Å²) in [6.07, 6.45) is -0.102. The molecule has 8 nitrogen and oxygen atoms in total. The smallest absolute Gasteiger partial charge is 0.279 e. The number of nitrogens with one attached hydrogen (secondary N) is 1. The van der Waals surface area contributed by atoms with Gasteiger partial charge in [-0.15, -0.1) is 0 Å². The summed E-state index contributed by atoms with van der Waals surface area (Å²) < 4.78 is 36.7. The number of hydrogen-bond donors (Lipinski definition) is 3. The minimum atomic E-state index is -4.09. The third-order valence-corrected chi connectivity index (χ3v) is 7.01. The minimum absolute atomic E-state index is 0.0582. The maximum absolute atomic E-state index is 13.0. The van der Waals surface area contributed by atoms with Gasteiger partial charge in [-0.05, 0) is 55.0 Å². The van der Waals surface area contributed by atoms with Gasteiger partial charge in [0, 0.05) is 11.6 Å². The Morgan fingerprint density at radius 1 is 1.14 bits per heavy atom. The summed E-state index contributed by atoms with van der Waals surface area (Å²) in [5, 5.41) is 18.5. The Kier molecular flexibility index (Phi) is 5.92. The van der Waals surface area contributed by atoms with Crippen LogP contribution in [0.4, 0.5) is 0 Å². The summed E-state index contributed by atoms with van der Waals surface area (Å²) in [7, 11) is -4.09. The summed E-state index contributed by atoms with van der Waals surface area (Å²) in [4.78, 5) is 11.8. The molecule has 1 heterocycles. The van der Waals surface area contributed by atoms with Crippen LogP contribution in [0.15, 0.2) is 53.4 Å². The van der Waals surface area contributed by atoms with Gasteiger partial charge in [0.15, 0.2) is 15.4 Å². The number of halogens is 1. The van der Waals surface area contributed by atoms with Crippen LogP contribution < -0.4 is 10.2 Å².